The lowest BCUT2D eigenvalue weighted by Gasteiger charge is -2.26. The monoisotopic (exact) mass is 689 g/mol. The normalized spacial score (nSPS) is 11.3. The van der Waals surface area contributed by atoms with Gasteiger partial charge in [-0.15, -0.1) is 0 Å². The van der Waals surface area contributed by atoms with E-state index >= 15 is 0 Å². The van der Waals surface area contributed by atoms with E-state index in [0.717, 1.165) is 50.5 Å². The molecule has 1 heterocycles. The van der Waals surface area contributed by atoms with Crippen molar-refractivity contribution in [2.75, 3.05) is 4.90 Å². The molecule has 0 saturated heterocycles. The number of rotatable bonds is 7. The van der Waals surface area contributed by atoms with Crippen molar-refractivity contribution in [3.8, 4) is 44.7 Å². The van der Waals surface area contributed by atoms with Gasteiger partial charge < -0.3 is 9.32 Å². The Labute approximate surface area is 314 Å². The van der Waals surface area contributed by atoms with Crippen LogP contribution in [0.25, 0.3) is 77.2 Å². The molecule has 0 N–H and O–H groups in total. The second kappa shape index (κ2) is 13.4. The molecule has 0 unspecified atom stereocenters. The van der Waals surface area contributed by atoms with Gasteiger partial charge in [-0.2, -0.15) is 0 Å². The van der Waals surface area contributed by atoms with E-state index in [2.05, 4.69) is 211 Å². The van der Waals surface area contributed by atoms with Gasteiger partial charge in [0.05, 0.1) is 0 Å². The second-order valence-electron chi connectivity index (χ2n) is 13.7. The molecular weight excluding hydrogens is 655 g/mol. The minimum absolute atomic E-state index is 0.866. The fourth-order valence-corrected chi connectivity index (χ4v) is 7.81. The lowest BCUT2D eigenvalue weighted by molar-refractivity contribution is 0.632. The predicted octanol–water partition coefficient (Wildman–Crippen LogP) is 14.9. The fraction of sp³-hybridized carbons (Fsp3) is 0. The number of hydrogen-bond acceptors (Lipinski definition) is 2. The molecule has 0 bridgehead atoms. The molecule has 0 spiro atoms. The molecule has 9 aromatic carbocycles. The molecule has 0 atom stereocenters. The van der Waals surface area contributed by atoms with E-state index in [1.165, 1.54) is 43.8 Å². The maximum Gasteiger partial charge on any atom is 0.143 e. The number of para-hydroxylation sites is 1. The van der Waals surface area contributed by atoms with Crippen molar-refractivity contribution in [1.82, 2.24) is 0 Å². The summed E-state index contributed by atoms with van der Waals surface area (Å²) < 4.78 is 6.65. The van der Waals surface area contributed by atoms with Crippen molar-refractivity contribution in [1.29, 1.82) is 0 Å². The van der Waals surface area contributed by atoms with Crippen LogP contribution in [0.4, 0.5) is 17.1 Å². The topological polar surface area (TPSA) is 16.4 Å². The molecule has 0 fully saturated rings. The zero-order valence-corrected chi connectivity index (χ0v) is 29.6. The molecule has 0 saturated carbocycles. The van der Waals surface area contributed by atoms with Crippen LogP contribution in [-0.4, -0.2) is 0 Å². The van der Waals surface area contributed by atoms with Gasteiger partial charge in [-0.05, 0) is 91.8 Å². The van der Waals surface area contributed by atoms with Crippen LogP contribution in [0.5, 0.6) is 0 Å². The van der Waals surface area contributed by atoms with Crippen LogP contribution in [0.1, 0.15) is 0 Å². The van der Waals surface area contributed by atoms with Gasteiger partial charge >= 0.3 is 0 Å². The first-order valence-electron chi connectivity index (χ1n) is 18.4. The van der Waals surface area contributed by atoms with Crippen LogP contribution in [0.15, 0.2) is 217 Å². The summed E-state index contributed by atoms with van der Waals surface area (Å²) in [7, 11) is 0. The van der Waals surface area contributed by atoms with Crippen molar-refractivity contribution in [2.24, 2.45) is 0 Å². The van der Waals surface area contributed by atoms with Gasteiger partial charge in [0.1, 0.15) is 11.3 Å². The largest absolute Gasteiger partial charge is 0.455 e. The van der Waals surface area contributed by atoms with Gasteiger partial charge in [0.25, 0.3) is 0 Å². The van der Waals surface area contributed by atoms with Crippen molar-refractivity contribution >= 4 is 49.6 Å². The standard InChI is InChI=1S/C52H35NO/c1-2-14-41(15-3-1)51-49-21-8-9-23-50(49)54-52(51)43-18-10-19-45(35-43)53(46-33-30-36-12-4-5-16-42(36)34-46)44-31-28-38(29-32-44)37-24-26-40(27-25-37)48-22-11-17-39-13-6-7-20-47(39)48/h1-35H. The summed E-state index contributed by atoms with van der Waals surface area (Å²) in [4.78, 5) is 2.34. The SMILES string of the molecule is c1ccc(-c2c(-c3cccc(N(c4ccc(-c5ccc(-c6cccc7ccccc67)cc5)cc4)c4ccc5ccccc5c4)c3)oc3ccccc23)cc1. The highest BCUT2D eigenvalue weighted by molar-refractivity contribution is 6.02. The van der Waals surface area contributed by atoms with Crippen LogP contribution in [0.3, 0.4) is 0 Å². The number of nitrogens with zero attached hydrogens (tertiary/aromatic N) is 1. The molecule has 0 aliphatic rings. The average Bonchev–Trinajstić information content (AvgIpc) is 3.64. The van der Waals surface area contributed by atoms with Crippen LogP contribution in [-0.2, 0) is 0 Å². The van der Waals surface area contributed by atoms with Crippen LogP contribution >= 0.6 is 0 Å². The van der Waals surface area contributed by atoms with Gasteiger partial charge in [0, 0.05) is 33.6 Å². The predicted molar refractivity (Wildman–Crippen MR) is 228 cm³/mol. The summed E-state index contributed by atoms with van der Waals surface area (Å²) in [5.41, 5.74) is 12.2. The van der Waals surface area contributed by atoms with Crippen LogP contribution < -0.4 is 4.90 Å². The molecular formula is C52H35NO. The molecule has 0 radical (unpaired) electrons. The van der Waals surface area contributed by atoms with E-state index in [4.69, 9.17) is 4.42 Å². The van der Waals surface area contributed by atoms with Crippen LogP contribution in [0, 0.1) is 0 Å². The number of furan rings is 1. The summed E-state index contributed by atoms with van der Waals surface area (Å²) in [5, 5.41) is 6.04. The van der Waals surface area contributed by atoms with Gasteiger partial charge in [-0.25, -0.2) is 0 Å². The van der Waals surface area contributed by atoms with E-state index in [9.17, 15) is 0 Å². The summed E-state index contributed by atoms with van der Waals surface area (Å²) in [6.07, 6.45) is 0. The average molecular weight is 690 g/mol. The molecule has 54 heavy (non-hydrogen) atoms. The van der Waals surface area contributed by atoms with Gasteiger partial charge in [-0.1, -0.05) is 170 Å². The Kier molecular flexibility index (Phi) is 7.85. The van der Waals surface area contributed by atoms with Crippen molar-refractivity contribution < 1.29 is 4.42 Å². The van der Waals surface area contributed by atoms with Crippen molar-refractivity contribution in [3.05, 3.63) is 212 Å². The highest BCUT2D eigenvalue weighted by atomic mass is 16.3. The maximum atomic E-state index is 6.65. The van der Waals surface area contributed by atoms with E-state index < -0.39 is 0 Å². The maximum absolute atomic E-state index is 6.65. The summed E-state index contributed by atoms with van der Waals surface area (Å²) in [5.74, 6) is 0.866. The van der Waals surface area contributed by atoms with E-state index in [-0.39, 0.29) is 0 Å². The molecule has 1 aromatic heterocycles. The van der Waals surface area contributed by atoms with E-state index in [1.54, 1.807) is 0 Å². The lowest BCUT2D eigenvalue weighted by atomic mass is 9.96. The Morgan fingerprint density at radius 1 is 0.315 bits per heavy atom. The van der Waals surface area contributed by atoms with E-state index in [0.29, 0.717) is 0 Å². The summed E-state index contributed by atoms with van der Waals surface area (Å²) in [6, 6.07) is 75.8. The first kappa shape index (κ1) is 31.6. The Hall–Kier alpha value is -7.16. The van der Waals surface area contributed by atoms with Gasteiger partial charge in [-0.3, -0.25) is 0 Å². The second-order valence-corrected chi connectivity index (χ2v) is 13.7. The minimum atomic E-state index is 0.866. The zero-order valence-electron chi connectivity index (χ0n) is 29.6. The smallest absolute Gasteiger partial charge is 0.143 e. The van der Waals surface area contributed by atoms with Gasteiger partial charge in [0.15, 0.2) is 0 Å². The molecule has 0 aliphatic carbocycles. The fourth-order valence-electron chi connectivity index (χ4n) is 7.81. The summed E-state index contributed by atoms with van der Waals surface area (Å²) in [6.45, 7) is 0. The van der Waals surface area contributed by atoms with Crippen molar-refractivity contribution in [2.45, 2.75) is 0 Å². The third-order valence-corrected chi connectivity index (χ3v) is 10.5. The Morgan fingerprint density at radius 3 is 1.70 bits per heavy atom. The highest BCUT2D eigenvalue weighted by Gasteiger charge is 2.20. The molecule has 10 rings (SSSR count). The van der Waals surface area contributed by atoms with Crippen molar-refractivity contribution in [3.63, 3.8) is 0 Å². The highest BCUT2D eigenvalue weighted by Crippen LogP contribution is 2.44. The minimum Gasteiger partial charge on any atom is -0.455 e. The number of anilines is 3. The Balaban J connectivity index is 1.05. The first-order valence-corrected chi connectivity index (χ1v) is 18.4. The molecule has 0 aliphatic heterocycles. The van der Waals surface area contributed by atoms with E-state index in [1.807, 2.05) is 6.07 Å². The number of fused-ring (bicyclic) bond motifs is 3. The Morgan fingerprint density at radius 2 is 0.889 bits per heavy atom. The third kappa shape index (κ3) is 5.71. The zero-order chi connectivity index (χ0) is 35.8. The molecule has 2 nitrogen and oxygen atoms in total. The quantitative estimate of drug-likeness (QED) is 0.166. The lowest BCUT2D eigenvalue weighted by Crippen LogP contribution is -2.10. The molecule has 254 valence electrons. The third-order valence-electron chi connectivity index (χ3n) is 10.5. The number of benzene rings is 9. The Bertz CT molecular complexity index is 2920. The molecule has 0 amide bonds. The van der Waals surface area contributed by atoms with Crippen LogP contribution in [0.2, 0.25) is 0 Å². The molecule has 2 heteroatoms. The molecule has 10 aromatic rings. The number of hydrogen-bond donors (Lipinski definition) is 0. The summed E-state index contributed by atoms with van der Waals surface area (Å²) >= 11 is 0. The van der Waals surface area contributed by atoms with Gasteiger partial charge in [0.2, 0.25) is 0 Å². The first-order chi connectivity index (χ1) is 26.8.